The van der Waals surface area contributed by atoms with Gasteiger partial charge in [0, 0.05) is 24.7 Å². The molecule has 0 fully saturated rings. The summed E-state index contributed by atoms with van der Waals surface area (Å²) in [6.07, 6.45) is 9.05. The number of rotatable bonds is 18. The Labute approximate surface area is 232 Å². The molecule has 0 radical (unpaired) electrons. The summed E-state index contributed by atoms with van der Waals surface area (Å²) in [5, 5.41) is 0. The van der Waals surface area contributed by atoms with Gasteiger partial charge in [-0.2, -0.15) is 9.78 Å². The van der Waals surface area contributed by atoms with Gasteiger partial charge in [0.2, 0.25) is 0 Å². The predicted octanol–water partition coefficient (Wildman–Crippen LogP) is 8.84. The highest BCUT2D eigenvalue weighted by Gasteiger charge is 2.14. The van der Waals surface area contributed by atoms with Crippen LogP contribution in [0.25, 0.3) is 0 Å². The average Bonchev–Trinajstić information content (AvgIpc) is 2.82. The third kappa shape index (κ3) is 17.6. The van der Waals surface area contributed by atoms with E-state index in [1.54, 1.807) is 0 Å². The molecular weight excluding hydrogens is 480 g/mol. The van der Waals surface area contributed by atoms with Crippen molar-refractivity contribution in [1.82, 2.24) is 0 Å². The molecule has 0 aliphatic rings. The SMILES string of the molecule is CC(COOC(=O)CCCCCC(C)(C)C)c1ccc(C(C)COOC(=O)CCCCCC(C)(C)C)cc1. The molecule has 0 saturated heterocycles. The molecular formula is C32H54O6. The van der Waals surface area contributed by atoms with E-state index in [0.29, 0.717) is 36.9 Å². The molecule has 0 spiro atoms. The molecule has 218 valence electrons. The fourth-order valence-corrected chi connectivity index (χ4v) is 4.04. The first-order chi connectivity index (χ1) is 17.8. The second kappa shape index (κ2) is 17.6. The number of hydrogen-bond donors (Lipinski definition) is 0. The van der Waals surface area contributed by atoms with E-state index in [1.165, 1.54) is 0 Å². The Hall–Kier alpha value is -1.92. The summed E-state index contributed by atoms with van der Waals surface area (Å²) < 4.78 is 0. The standard InChI is InChI=1S/C32H54O6/c1-25(23-35-37-29(33)15-11-9-13-21-31(3,4)5)27-17-19-28(20-18-27)26(2)24-36-38-30(34)16-12-10-14-22-32(6,7)8/h17-20,25-26H,9-16,21-24H2,1-8H3. The molecule has 6 nitrogen and oxygen atoms in total. The minimum atomic E-state index is -0.307. The van der Waals surface area contributed by atoms with E-state index in [-0.39, 0.29) is 23.8 Å². The van der Waals surface area contributed by atoms with Gasteiger partial charge in [0.15, 0.2) is 0 Å². The van der Waals surface area contributed by atoms with Crippen molar-refractivity contribution in [3.05, 3.63) is 35.4 Å². The van der Waals surface area contributed by atoms with Gasteiger partial charge >= 0.3 is 11.9 Å². The van der Waals surface area contributed by atoms with Crippen molar-refractivity contribution >= 4 is 11.9 Å². The van der Waals surface area contributed by atoms with Crippen molar-refractivity contribution in [2.24, 2.45) is 10.8 Å². The Kier molecular flexibility index (Phi) is 15.8. The summed E-state index contributed by atoms with van der Waals surface area (Å²) in [5.74, 6) is -0.448. The lowest BCUT2D eigenvalue weighted by Crippen LogP contribution is -2.11. The first kappa shape index (κ1) is 34.1. The van der Waals surface area contributed by atoms with Gasteiger partial charge in [-0.3, -0.25) is 9.78 Å². The van der Waals surface area contributed by atoms with E-state index in [9.17, 15) is 9.59 Å². The number of benzene rings is 1. The van der Waals surface area contributed by atoms with Crippen LogP contribution in [0.4, 0.5) is 0 Å². The third-order valence-corrected chi connectivity index (χ3v) is 6.63. The first-order valence-electron chi connectivity index (χ1n) is 14.5. The molecule has 2 atom stereocenters. The van der Waals surface area contributed by atoms with Gasteiger partial charge in [0.1, 0.15) is 13.2 Å². The zero-order valence-corrected chi connectivity index (χ0v) is 25.4. The van der Waals surface area contributed by atoms with Crippen LogP contribution in [0.5, 0.6) is 0 Å². The maximum atomic E-state index is 11.9. The summed E-state index contributed by atoms with van der Waals surface area (Å²) in [7, 11) is 0. The van der Waals surface area contributed by atoms with Gasteiger partial charge in [-0.25, -0.2) is 9.59 Å². The summed E-state index contributed by atoms with van der Waals surface area (Å²) >= 11 is 0. The maximum absolute atomic E-state index is 11.9. The predicted molar refractivity (Wildman–Crippen MR) is 152 cm³/mol. The van der Waals surface area contributed by atoms with Crippen molar-refractivity contribution in [1.29, 1.82) is 0 Å². The lowest BCUT2D eigenvalue weighted by Gasteiger charge is -2.17. The van der Waals surface area contributed by atoms with Crippen LogP contribution in [0.3, 0.4) is 0 Å². The summed E-state index contributed by atoms with van der Waals surface area (Å²) in [6.45, 7) is 18.1. The van der Waals surface area contributed by atoms with Crippen molar-refractivity contribution in [2.75, 3.05) is 13.2 Å². The van der Waals surface area contributed by atoms with Gasteiger partial charge in [0.05, 0.1) is 0 Å². The van der Waals surface area contributed by atoms with E-state index in [0.717, 1.165) is 62.5 Å². The number of hydrogen-bond acceptors (Lipinski definition) is 6. The van der Waals surface area contributed by atoms with Crippen LogP contribution >= 0.6 is 0 Å². The fraction of sp³-hybridized carbons (Fsp3) is 0.750. The quantitative estimate of drug-likeness (QED) is 0.106. The van der Waals surface area contributed by atoms with E-state index < -0.39 is 0 Å². The minimum absolute atomic E-state index is 0.0829. The lowest BCUT2D eigenvalue weighted by atomic mass is 9.89. The zero-order valence-electron chi connectivity index (χ0n) is 25.4. The average molecular weight is 535 g/mol. The van der Waals surface area contributed by atoms with Crippen molar-refractivity contribution in [3.8, 4) is 0 Å². The second-order valence-corrected chi connectivity index (χ2v) is 13.2. The Morgan fingerprint density at radius 2 is 0.947 bits per heavy atom. The lowest BCUT2D eigenvalue weighted by molar-refractivity contribution is -0.274. The monoisotopic (exact) mass is 534 g/mol. The maximum Gasteiger partial charge on any atom is 0.342 e. The molecule has 0 amide bonds. The molecule has 0 bridgehead atoms. The molecule has 1 rings (SSSR count). The van der Waals surface area contributed by atoms with Gasteiger partial charge in [-0.15, -0.1) is 0 Å². The molecule has 1 aromatic rings. The topological polar surface area (TPSA) is 71.1 Å². The molecule has 6 heteroatoms. The van der Waals surface area contributed by atoms with Gasteiger partial charge in [-0.1, -0.05) is 105 Å². The van der Waals surface area contributed by atoms with E-state index in [4.69, 9.17) is 19.6 Å². The number of carbonyl (C=O) groups is 2. The van der Waals surface area contributed by atoms with Gasteiger partial charge in [0.25, 0.3) is 0 Å². The smallest absolute Gasteiger partial charge is 0.298 e. The third-order valence-electron chi connectivity index (χ3n) is 6.63. The van der Waals surface area contributed by atoms with Crippen LogP contribution in [-0.2, 0) is 29.1 Å². The van der Waals surface area contributed by atoms with Crippen LogP contribution in [0.1, 0.15) is 143 Å². The molecule has 38 heavy (non-hydrogen) atoms. The van der Waals surface area contributed by atoms with Crippen LogP contribution in [0, 0.1) is 10.8 Å². The van der Waals surface area contributed by atoms with E-state index in [2.05, 4.69) is 41.5 Å². The van der Waals surface area contributed by atoms with Crippen molar-refractivity contribution in [3.63, 3.8) is 0 Å². The number of carbonyl (C=O) groups excluding carboxylic acids is 2. The zero-order chi connectivity index (χ0) is 28.6. The van der Waals surface area contributed by atoms with Gasteiger partial charge < -0.3 is 0 Å². The molecule has 0 saturated carbocycles. The highest BCUT2D eigenvalue weighted by Crippen LogP contribution is 2.24. The van der Waals surface area contributed by atoms with Gasteiger partial charge in [-0.05, 0) is 47.6 Å². The van der Waals surface area contributed by atoms with Crippen molar-refractivity contribution < 1.29 is 29.1 Å². The van der Waals surface area contributed by atoms with Crippen molar-refractivity contribution in [2.45, 2.75) is 131 Å². The number of unbranched alkanes of at least 4 members (excludes halogenated alkanes) is 4. The van der Waals surface area contributed by atoms with Crippen LogP contribution in [0.15, 0.2) is 24.3 Å². The van der Waals surface area contributed by atoms with Crippen LogP contribution < -0.4 is 0 Å². The van der Waals surface area contributed by atoms with E-state index in [1.807, 2.05) is 38.1 Å². The fourth-order valence-electron chi connectivity index (χ4n) is 4.04. The summed E-state index contributed by atoms with van der Waals surface area (Å²) in [6, 6.07) is 8.17. The Morgan fingerprint density at radius 1 is 0.605 bits per heavy atom. The molecule has 0 aliphatic heterocycles. The summed E-state index contributed by atoms with van der Waals surface area (Å²) in [5.41, 5.74) is 2.87. The second-order valence-electron chi connectivity index (χ2n) is 13.2. The highest BCUT2D eigenvalue weighted by atomic mass is 17.2. The molecule has 0 aromatic heterocycles. The Balaban J connectivity index is 2.21. The molecule has 0 N–H and O–H groups in total. The van der Waals surface area contributed by atoms with Crippen LogP contribution in [0.2, 0.25) is 0 Å². The first-order valence-corrected chi connectivity index (χ1v) is 14.5. The van der Waals surface area contributed by atoms with Crippen LogP contribution in [-0.4, -0.2) is 25.2 Å². The summed E-state index contributed by atoms with van der Waals surface area (Å²) in [4.78, 5) is 44.1. The van der Waals surface area contributed by atoms with E-state index >= 15 is 0 Å². The molecule has 1 aromatic carbocycles. The minimum Gasteiger partial charge on any atom is -0.298 e. The Morgan fingerprint density at radius 3 is 1.26 bits per heavy atom. The largest absolute Gasteiger partial charge is 0.342 e. The highest BCUT2D eigenvalue weighted by molar-refractivity contribution is 5.68. The Bertz CT molecular complexity index is 721. The molecule has 0 heterocycles. The molecule has 0 aliphatic carbocycles. The molecule has 2 unspecified atom stereocenters. The normalized spacial score (nSPS) is 13.7.